The van der Waals surface area contributed by atoms with Crippen molar-refractivity contribution in [3.05, 3.63) is 35.4 Å². The smallest absolute Gasteiger partial charge is 0.327 e. The van der Waals surface area contributed by atoms with E-state index in [4.69, 9.17) is 5.73 Å². The zero-order valence-corrected chi connectivity index (χ0v) is 9.01. The van der Waals surface area contributed by atoms with E-state index in [0.29, 0.717) is 0 Å². The standard InChI is InChI=1S/C10H13NO2.ClH/c1-7-4-3-5-8(6-7)9(11)10(12)13-2;/h3-6,9H,11H2,1-2H3;1H/t9-;/m0./s1. The number of hydrogen-bond acceptors (Lipinski definition) is 3. The van der Waals surface area contributed by atoms with Crippen molar-refractivity contribution in [1.82, 2.24) is 0 Å². The lowest BCUT2D eigenvalue weighted by Crippen LogP contribution is -2.22. The summed E-state index contributed by atoms with van der Waals surface area (Å²) in [5, 5.41) is 0. The van der Waals surface area contributed by atoms with Crippen LogP contribution in [0.5, 0.6) is 0 Å². The number of carbonyl (C=O) groups is 1. The highest BCUT2D eigenvalue weighted by Gasteiger charge is 2.15. The van der Waals surface area contributed by atoms with Gasteiger partial charge in [0, 0.05) is 0 Å². The number of aryl methyl sites for hydroxylation is 1. The molecule has 1 rings (SSSR count). The molecule has 0 saturated heterocycles. The monoisotopic (exact) mass is 215 g/mol. The largest absolute Gasteiger partial charge is 0.468 e. The van der Waals surface area contributed by atoms with Crippen LogP contribution in [-0.2, 0) is 9.53 Å². The van der Waals surface area contributed by atoms with E-state index in [1.807, 2.05) is 31.2 Å². The maximum absolute atomic E-state index is 11.1. The first-order chi connectivity index (χ1) is 6.15. The summed E-state index contributed by atoms with van der Waals surface area (Å²) in [6.07, 6.45) is 0. The first kappa shape index (κ1) is 12.9. The number of hydrogen-bond donors (Lipinski definition) is 1. The van der Waals surface area contributed by atoms with Gasteiger partial charge in [0.15, 0.2) is 0 Å². The van der Waals surface area contributed by atoms with Crippen LogP contribution in [0, 0.1) is 6.92 Å². The fraction of sp³-hybridized carbons (Fsp3) is 0.300. The minimum Gasteiger partial charge on any atom is -0.468 e. The second-order valence-corrected chi connectivity index (χ2v) is 2.91. The molecule has 0 spiro atoms. The molecule has 0 radical (unpaired) electrons. The molecule has 3 nitrogen and oxygen atoms in total. The van der Waals surface area contributed by atoms with Gasteiger partial charge in [-0.05, 0) is 12.5 Å². The van der Waals surface area contributed by atoms with Crippen LogP contribution in [0.2, 0.25) is 0 Å². The average Bonchev–Trinajstić information content (AvgIpc) is 2.15. The molecule has 1 aromatic carbocycles. The van der Waals surface area contributed by atoms with Gasteiger partial charge in [0.2, 0.25) is 0 Å². The van der Waals surface area contributed by atoms with Crippen LogP contribution in [0.1, 0.15) is 17.2 Å². The molecule has 0 bridgehead atoms. The van der Waals surface area contributed by atoms with Crippen molar-refractivity contribution in [3.63, 3.8) is 0 Å². The fourth-order valence-corrected chi connectivity index (χ4v) is 1.13. The molecular formula is C10H14ClNO2. The van der Waals surface area contributed by atoms with Crippen LogP contribution < -0.4 is 5.73 Å². The maximum Gasteiger partial charge on any atom is 0.327 e. The molecule has 1 atom stereocenters. The molecule has 14 heavy (non-hydrogen) atoms. The van der Waals surface area contributed by atoms with E-state index >= 15 is 0 Å². The summed E-state index contributed by atoms with van der Waals surface area (Å²) in [4.78, 5) is 11.1. The Labute approximate surface area is 89.7 Å². The lowest BCUT2D eigenvalue weighted by atomic mass is 10.1. The third-order valence-electron chi connectivity index (χ3n) is 1.86. The molecule has 0 aliphatic rings. The van der Waals surface area contributed by atoms with Crippen LogP contribution in [-0.4, -0.2) is 13.1 Å². The topological polar surface area (TPSA) is 52.3 Å². The van der Waals surface area contributed by atoms with Gasteiger partial charge in [-0.15, -0.1) is 12.4 Å². The maximum atomic E-state index is 11.1. The number of ether oxygens (including phenoxy) is 1. The van der Waals surface area contributed by atoms with E-state index in [1.54, 1.807) is 0 Å². The molecule has 78 valence electrons. The number of rotatable bonds is 2. The highest BCUT2D eigenvalue weighted by atomic mass is 35.5. The Morgan fingerprint density at radius 1 is 1.50 bits per heavy atom. The normalized spacial score (nSPS) is 11.4. The summed E-state index contributed by atoms with van der Waals surface area (Å²) < 4.78 is 4.54. The predicted octanol–water partition coefficient (Wildman–Crippen LogP) is 1.59. The Bertz CT molecular complexity index is 315. The van der Waals surface area contributed by atoms with Gasteiger partial charge in [-0.2, -0.15) is 0 Å². The first-order valence-corrected chi connectivity index (χ1v) is 4.05. The average molecular weight is 216 g/mol. The van der Waals surface area contributed by atoms with Crippen molar-refractivity contribution in [3.8, 4) is 0 Å². The van der Waals surface area contributed by atoms with Crippen molar-refractivity contribution in [2.24, 2.45) is 5.73 Å². The number of benzene rings is 1. The van der Waals surface area contributed by atoms with E-state index in [9.17, 15) is 4.79 Å². The number of esters is 1. The molecule has 0 aliphatic carbocycles. The molecule has 0 fully saturated rings. The Morgan fingerprint density at radius 2 is 2.14 bits per heavy atom. The minimum atomic E-state index is -0.676. The van der Waals surface area contributed by atoms with Crippen LogP contribution >= 0.6 is 12.4 Å². The van der Waals surface area contributed by atoms with E-state index in [0.717, 1.165) is 11.1 Å². The number of methoxy groups -OCH3 is 1. The summed E-state index contributed by atoms with van der Waals surface area (Å²) in [6, 6.07) is 6.84. The van der Waals surface area contributed by atoms with Crippen molar-refractivity contribution in [1.29, 1.82) is 0 Å². The molecule has 0 aliphatic heterocycles. The van der Waals surface area contributed by atoms with Crippen LogP contribution in [0.25, 0.3) is 0 Å². The van der Waals surface area contributed by atoms with Crippen molar-refractivity contribution in [2.75, 3.05) is 7.11 Å². The van der Waals surface area contributed by atoms with Gasteiger partial charge in [0.05, 0.1) is 7.11 Å². The zero-order chi connectivity index (χ0) is 9.84. The molecule has 0 heterocycles. The lowest BCUT2D eigenvalue weighted by molar-refractivity contribution is -0.142. The number of halogens is 1. The highest BCUT2D eigenvalue weighted by molar-refractivity contribution is 5.85. The molecule has 0 aromatic heterocycles. The van der Waals surface area contributed by atoms with Crippen molar-refractivity contribution < 1.29 is 9.53 Å². The third kappa shape index (κ3) is 3.01. The fourth-order valence-electron chi connectivity index (χ4n) is 1.13. The molecule has 2 N–H and O–H groups in total. The predicted molar refractivity (Wildman–Crippen MR) is 57.4 cm³/mol. The Balaban J connectivity index is 0.00000169. The second kappa shape index (κ2) is 5.62. The second-order valence-electron chi connectivity index (χ2n) is 2.91. The molecular weight excluding hydrogens is 202 g/mol. The highest BCUT2D eigenvalue weighted by Crippen LogP contribution is 2.12. The molecule has 4 heteroatoms. The van der Waals surface area contributed by atoms with Crippen LogP contribution in [0.15, 0.2) is 24.3 Å². The third-order valence-corrected chi connectivity index (χ3v) is 1.86. The van der Waals surface area contributed by atoms with E-state index in [1.165, 1.54) is 7.11 Å². The molecule has 0 unspecified atom stereocenters. The Hall–Kier alpha value is -1.06. The lowest BCUT2D eigenvalue weighted by Gasteiger charge is -2.09. The van der Waals surface area contributed by atoms with Crippen molar-refractivity contribution in [2.45, 2.75) is 13.0 Å². The van der Waals surface area contributed by atoms with Gasteiger partial charge in [-0.25, -0.2) is 0 Å². The molecule has 0 amide bonds. The van der Waals surface area contributed by atoms with Gasteiger partial charge in [-0.3, -0.25) is 4.79 Å². The first-order valence-electron chi connectivity index (χ1n) is 4.05. The number of nitrogens with two attached hydrogens (primary N) is 1. The summed E-state index contributed by atoms with van der Waals surface area (Å²) >= 11 is 0. The summed E-state index contributed by atoms with van der Waals surface area (Å²) in [7, 11) is 1.33. The van der Waals surface area contributed by atoms with Gasteiger partial charge >= 0.3 is 5.97 Å². The minimum absolute atomic E-state index is 0. The SMILES string of the molecule is COC(=O)[C@@H](N)c1cccc(C)c1.Cl. The Kier molecular flexibility index (Phi) is 5.20. The zero-order valence-electron chi connectivity index (χ0n) is 8.19. The van der Waals surface area contributed by atoms with E-state index < -0.39 is 12.0 Å². The number of carbonyl (C=O) groups excluding carboxylic acids is 1. The van der Waals surface area contributed by atoms with Gasteiger partial charge in [0.25, 0.3) is 0 Å². The van der Waals surface area contributed by atoms with E-state index in [-0.39, 0.29) is 12.4 Å². The van der Waals surface area contributed by atoms with E-state index in [2.05, 4.69) is 4.74 Å². The summed E-state index contributed by atoms with van der Waals surface area (Å²) in [6.45, 7) is 1.95. The molecule has 1 aromatic rings. The quantitative estimate of drug-likeness (QED) is 0.763. The van der Waals surface area contributed by atoms with Crippen LogP contribution in [0.4, 0.5) is 0 Å². The molecule has 0 saturated carbocycles. The summed E-state index contributed by atoms with van der Waals surface area (Å²) in [5.41, 5.74) is 7.51. The summed E-state index contributed by atoms with van der Waals surface area (Å²) in [5.74, 6) is -0.411. The van der Waals surface area contributed by atoms with Gasteiger partial charge in [0.1, 0.15) is 6.04 Å². The van der Waals surface area contributed by atoms with Crippen molar-refractivity contribution >= 4 is 18.4 Å². The van der Waals surface area contributed by atoms with Crippen LogP contribution in [0.3, 0.4) is 0 Å². The van der Waals surface area contributed by atoms with Gasteiger partial charge in [-0.1, -0.05) is 29.8 Å². The van der Waals surface area contributed by atoms with Gasteiger partial charge < -0.3 is 10.5 Å². The Morgan fingerprint density at radius 3 is 2.64 bits per heavy atom.